The molecule has 3 saturated heterocycles. The van der Waals surface area contributed by atoms with Gasteiger partial charge in [-0.15, -0.1) is 0 Å². The number of fused-ring (bicyclic) bond motifs is 1. The van der Waals surface area contributed by atoms with Crippen molar-refractivity contribution in [2.45, 2.75) is 45.6 Å². The molecule has 0 unspecified atom stereocenters. The summed E-state index contributed by atoms with van der Waals surface area (Å²) in [4.78, 5) is 43.2. The number of benzene rings is 1. The van der Waals surface area contributed by atoms with Crippen LogP contribution in [0.5, 0.6) is 0 Å². The third-order valence-corrected chi connectivity index (χ3v) is 6.93. The zero-order chi connectivity index (χ0) is 20.5. The number of aryl methyl sites for hydroxylation is 1. The Morgan fingerprint density at radius 3 is 2.62 bits per heavy atom. The fourth-order valence-electron chi connectivity index (χ4n) is 5.36. The van der Waals surface area contributed by atoms with Crippen molar-refractivity contribution in [2.24, 2.45) is 11.8 Å². The highest BCUT2D eigenvalue weighted by Gasteiger charge is 2.49. The molecule has 3 amide bonds. The minimum atomic E-state index is 0.0244. The van der Waals surface area contributed by atoms with Gasteiger partial charge in [0.05, 0.1) is 12.6 Å². The molecule has 0 aromatic heterocycles. The number of amides is 3. The number of hydrogen-bond acceptors (Lipinski definition) is 3. The van der Waals surface area contributed by atoms with Gasteiger partial charge in [-0.05, 0) is 30.9 Å². The molecule has 3 aliphatic heterocycles. The Morgan fingerprint density at radius 1 is 1.07 bits per heavy atom. The normalized spacial score (nSPS) is 27.2. The molecule has 3 aliphatic rings. The van der Waals surface area contributed by atoms with E-state index in [2.05, 4.69) is 19.1 Å². The van der Waals surface area contributed by atoms with Gasteiger partial charge in [0, 0.05) is 51.4 Å². The lowest BCUT2D eigenvalue weighted by atomic mass is 9.87. The van der Waals surface area contributed by atoms with E-state index in [-0.39, 0.29) is 36.2 Å². The average Bonchev–Trinajstić information content (AvgIpc) is 3.18. The molecule has 0 aliphatic carbocycles. The largest absolute Gasteiger partial charge is 0.340 e. The molecule has 0 radical (unpaired) electrons. The Labute approximate surface area is 172 Å². The number of carbonyl (C=O) groups excluding carboxylic acids is 3. The molecule has 6 nitrogen and oxygen atoms in total. The van der Waals surface area contributed by atoms with Crippen LogP contribution in [0.1, 0.15) is 49.8 Å². The van der Waals surface area contributed by atoms with Crippen LogP contribution in [0.3, 0.4) is 0 Å². The number of carbonyl (C=O) groups is 3. The maximum absolute atomic E-state index is 13.0. The molecule has 1 aromatic rings. The molecule has 3 heterocycles. The molecule has 0 N–H and O–H groups in total. The maximum atomic E-state index is 13.0. The fraction of sp³-hybridized carbons (Fsp3) is 0.609. The van der Waals surface area contributed by atoms with Gasteiger partial charge < -0.3 is 14.7 Å². The average molecular weight is 398 g/mol. The lowest BCUT2D eigenvalue weighted by molar-refractivity contribution is -0.140. The first-order valence-corrected chi connectivity index (χ1v) is 10.8. The number of hydrogen-bond donors (Lipinski definition) is 0. The van der Waals surface area contributed by atoms with Gasteiger partial charge in [-0.2, -0.15) is 0 Å². The van der Waals surface area contributed by atoms with Crippen LogP contribution >= 0.6 is 0 Å². The molecule has 29 heavy (non-hydrogen) atoms. The Hall–Kier alpha value is -2.37. The van der Waals surface area contributed by atoms with Gasteiger partial charge in [-0.1, -0.05) is 30.7 Å². The van der Waals surface area contributed by atoms with Crippen molar-refractivity contribution in [2.75, 3.05) is 32.7 Å². The van der Waals surface area contributed by atoms with Crippen molar-refractivity contribution in [1.82, 2.24) is 14.7 Å². The lowest BCUT2D eigenvalue weighted by Crippen LogP contribution is -2.43. The van der Waals surface area contributed by atoms with Gasteiger partial charge in [0.2, 0.25) is 17.7 Å². The van der Waals surface area contributed by atoms with Crippen molar-refractivity contribution in [1.29, 1.82) is 0 Å². The van der Waals surface area contributed by atoms with Crippen LogP contribution in [0.4, 0.5) is 0 Å². The van der Waals surface area contributed by atoms with Crippen LogP contribution < -0.4 is 0 Å². The summed E-state index contributed by atoms with van der Waals surface area (Å²) in [5, 5.41) is 0. The summed E-state index contributed by atoms with van der Waals surface area (Å²) in [5.74, 6) is 0.806. The molecule has 1 aromatic carbocycles. The first kappa shape index (κ1) is 19.9. The molecule has 6 heteroatoms. The van der Waals surface area contributed by atoms with Crippen LogP contribution in [0.25, 0.3) is 0 Å². The van der Waals surface area contributed by atoms with Crippen LogP contribution in [0.2, 0.25) is 0 Å². The zero-order valence-electron chi connectivity index (χ0n) is 17.5. The summed E-state index contributed by atoms with van der Waals surface area (Å²) < 4.78 is 0. The predicted octanol–water partition coefficient (Wildman–Crippen LogP) is 2.38. The summed E-state index contributed by atoms with van der Waals surface area (Å²) in [6.45, 7) is 6.65. The van der Waals surface area contributed by atoms with E-state index >= 15 is 0 Å². The van der Waals surface area contributed by atoms with Gasteiger partial charge in [0.1, 0.15) is 0 Å². The van der Waals surface area contributed by atoms with E-state index in [1.165, 1.54) is 11.1 Å². The number of likely N-dealkylation sites (tertiary alicyclic amines) is 3. The second-order valence-corrected chi connectivity index (χ2v) is 8.82. The third kappa shape index (κ3) is 3.89. The highest BCUT2D eigenvalue weighted by molar-refractivity contribution is 5.85. The molecule has 156 valence electrons. The summed E-state index contributed by atoms with van der Waals surface area (Å²) in [6.07, 6.45) is 3.52. The summed E-state index contributed by atoms with van der Waals surface area (Å²) >= 11 is 0. The quantitative estimate of drug-likeness (QED) is 0.787. The fourth-order valence-corrected chi connectivity index (χ4v) is 5.36. The highest BCUT2D eigenvalue weighted by Crippen LogP contribution is 2.45. The Morgan fingerprint density at radius 2 is 1.86 bits per heavy atom. The second-order valence-electron chi connectivity index (χ2n) is 8.82. The van der Waals surface area contributed by atoms with Gasteiger partial charge >= 0.3 is 0 Å². The second kappa shape index (κ2) is 8.17. The summed E-state index contributed by atoms with van der Waals surface area (Å²) in [7, 11) is 0. The van der Waals surface area contributed by atoms with Crippen molar-refractivity contribution < 1.29 is 14.4 Å². The molecule has 3 fully saturated rings. The van der Waals surface area contributed by atoms with Crippen LogP contribution in [-0.4, -0.2) is 65.1 Å². The molecular formula is C23H31N3O3. The molecule has 3 atom stereocenters. The first-order valence-electron chi connectivity index (χ1n) is 10.8. The van der Waals surface area contributed by atoms with Crippen molar-refractivity contribution >= 4 is 17.7 Å². The molecular weight excluding hydrogens is 366 g/mol. The van der Waals surface area contributed by atoms with E-state index in [9.17, 15) is 14.4 Å². The molecule has 0 bridgehead atoms. The monoisotopic (exact) mass is 397 g/mol. The van der Waals surface area contributed by atoms with E-state index in [1.807, 2.05) is 21.9 Å². The molecule has 0 saturated carbocycles. The topological polar surface area (TPSA) is 60.9 Å². The smallest absolute Gasteiger partial charge is 0.242 e. The summed E-state index contributed by atoms with van der Waals surface area (Å²) in [6, 6.07) is 8.27. The van der Waals surface area contributed by atoms with Crippen molar-refractivity contribution in [3.05, 3.63) is 35.4 Å². The van der Waals surface area contributed by atoms with Gasteiger partial charge in [-0.25, -0.2) is 0 Å². The lowest BCUT2D eigenvalue weighted by Gasteiger charge is -2.31. The Kier molecular flexibility index (Phi) is 5.61. The van der Waals surface area contributed by atoms with Crippen molar-refractivity contribution in [3.8, 4) is 0 Å². The predicted molar refractivity (Wildman–Crippen MR) is 110 cm³/mol. The highest BCUT2D eigenvalue weighted by atomic mass is 16.2. The Balaban J connectivity index is 1.49. The Bertz CT molecular complexity index is 808. The maximum Gasteiger partial charge on any atom is 0.242 e. The van der Waals surface area contributed by atoms with E-state index in [0.29, 0.717) is 38.5 Å². The minimum Gasteiger partial charge on any atom is -0.340 e. The summed E-state index contributed by atoms with van der Waals surface area (Å²) in [5.41, 5.74) is 2.37. The zero-order valence-corrected chi connectivity index (χ0v) is 17.5. The minimum absolute atomic E-state index is 0.0244. The standard InChI is InChI=1S/C23H31N3O3/c1-16-8-5-6-9-19(16)23-20-14-25(12-18(20)13-26(23)17(2)27)22(29)15-24-11-7-3-4-10-21(24)28/h5-6,8-9,18,20,23H,3-4,7,10-15H2,1-2H3/t18-,20-,23+/m1/s1. The van der Waals surface area contributed by atoms with E-state index in [1.54, 1.807) is 11.8 Å². The molecule has 4 rings (SSSR count). The van der Waals surface area contributed by atoms with E-state index < -0.39 is 0 Å². The van der Waals surface area contributed by atoms with E-state index in [0.717, 1.165) is 19.3 Å². The van der Waals surface area contributed by atoms with Gasteiger partial charge in [0.15, 0.2) is 0 Å². The van der Waals surface area contributed by atoms with E-state index in [4.69, 9.17) is 0 Å². The van der Waals surface area contributed by atoms with Crippen molar-refractivity contribution in [3.63, 3.8) is 0 Å². The first-order chi connectivity index (χ1) is 14.0. The van der Waals surface area contributed by atoms with Crippen LogP contribution in [0.15, 0.2) is 24.3 Å². The number of nitrogens with zero attached hydrogens (tertiary/aromatic N) is 3. The molecule has 0 spiro atoms. The number of rotatable bonds is 3. The van der Waals surface area contributed by atoms with Crippen LogP contribution in [-0.2, 0) is 14.4 Å². The SMILES string of the molecule is CC(=O)N1C[C@H]2CN(C(=O)CN3CCCCCC3=O)C[C@H]2[C@@H]1c1ccccc1C. The van der Waals surface area contributed by atoms with Gasteiger partial charge in [-0.3, -0.25) is 14.4 Å². The van der Waals surface area contributed by atoms with Crippen LogP contribution in [0, 0.1) is 18.8 Å². The van der Waals surface area contributed by atoms with Gasteiger partial charge in [0.25, 0.3) is 0 Å². The third-order valence-electron chi connectivity index (χ3n) is 6.93.